The van der Waals surface area contributed by atoms with Crippen molar-refractivity contribution in [3.05, 3.63) is 23.1 Å². The Morgan fingerprint density at radius 2 is 2.23 bits per heavy atom. The van der Waals surface area contributed by atoms with Crippen molar-refractivity contribution in [1.29, 1.82) is 0 Å². The highest BCUT2D eigenvalue weighted by Gasteiger charge is 2.09. The lowest BCUT2D eigenvalue weighted by Crippen LogP contribution is -1.84. The fourth-order valence-electron chi connectivity index (χ4n) is 1.31. The van der Waals surface area contributed by atoms with Crippen molar-refractivity contribution in [3.8, 4) is 0 Å². The molecule has 0 atom stereocenters. The minimum absolute atomic E-state index is 0.0254. The molecule has 0 aliphatic carbocycles. The first-order chi connectivity index (χ1) is 6.24. The largest absolute Gasteiger partial charge is 0.398 e. The second-order valence-corrected chi connectivity index (χ2v) is 4.34. The second-order valence-electron chi connectivity index (χ2n) is 2.75. The summed E-state index contributed by atoms with van der Waals surface area (Å²) in [6.07, 6.45) is 0. The molecule has 2 nitrogen and oxygen atoms in total. The summed E-state index contributed by atoms with van der Waals surface area (Å²) in [5.41, 5.74) is 6.52. The molecule has 0 radical (unpaired) electrons. The van der Waals surface area contributed by atoms with E-state index in [9.17, 15) is 0 Å². The van der Waals surface area contributed by atoms with Crippen LogP contribution in [0.5, 0.6) is 0 Å². The second kappa shape index (κ2) is 3.21. The average Bonchev–Trinajstić information content (AvgIpc) is 2.44. The minimum atomic E-state index is 0.0254. The van der Waals surface area contributed by atoms with Crippen LogP contribution in [0.4, 0.5) is 5.69 Å². The fourth-order valence-corrected chi connectivity index (χ4v) is 2.84. The third kappa shape index (κ3) is 1.31. The van der Waals surface area contributed by atoms with Crippen molar-refractivity contribution in [2.45, 2.75) is 11.5 Å². The zero-order valence-electron chi connectivity index (χ0n) is 6.82. The summed E-state index contributed by atoms with van der Waals surface area (Å²) in [4.78, 5) is 1.68. The maximum Gasteiger partial charge on any atom is 0.0786 e. The lowest BCUT2D eigenvalue weighted by Gasteiger charge is -1.96. The molecule has 13 heavy (non-hydrogen) atoms. The van der Waals surface area contributed by atoms with Crippen LogP contribution in [0.25, 0.3) is 10.1 Å². The normalized spacial score (nSPS) is 10.9. The number of fused-ring (bicyclic) bond motifs is 1. The van der Waals surface area contributed by atoms with Gasteiger partial charge < -0.3 is 10.8 Å². The smallest absolute Gasteiger partial charge is 0.0786 e. The third-order valence-corrected chi connectivity index (χ3v) is 3.72. The molecule has 2 aromatic rings. The number of thiophene rings is 1. The van der Waals surface area contributed by atoms with Crippen molar-refractivity contribution in [3.63, 3.8) is 0 Å². The molecular formula is C9H9NOS2. The molecule has 0 saturated heterocycles. The van der Waals surface area contributed by atoms with Crippen LogP contribution in [-0.2, 0) is 6.61 Å². The highest BCUT2D eigenvalue weighted by Crippen LogP contribution is 2.37. The van der Waals surface area contributed by atoms with E-state index < -0.39 is 0 Å². The van der Waals surface area contributed by atoms with Crippen LogP contribution in [-0.4, -0.2) is 5.11 Å². The molecule has 1 heterocycles. The van der Waals surface area contributed by atoms with E-state index in [1.165, 1.54) is 11.3 Å². The number of benzene rings is 1. The Morgan fingerprint density at radius 3 is 2.85 bits per heavy atom. The van der Waals surface area contributed by atoms with Gasteiger partial charge in [-0.2, -0.15) is 0 Å². The van der Waals surface area contributed by atoms with E-state index in [0.29, 0.717) is 0 Å². The average molecular weight is 211 g/mol. The highest BCUT2D eigenvalue weighted by atomic mass is 32.1. The van der Waals surface area contributed by atoms with Crippen molar-refractivity contribution in [2.75, 3.05) is 5.73 Å². The number of thiol groups is 1. The number of rotatable bonds is 1. The topological polar surface area (TPSA) is 46.2 Å². The molecule has 0 fully saturated rings. The molecule has 0 spiro atoms. The fraction of sp³-hybridized carbons (Fsp3) is 0.111. The van der Waals surface area contributed by atoms with E-state index in [0.717, 1.165) is 25.5 Å². The Balaban J connectivity index is 2.85. The number of aliphatic hydroxyl groups is 1. The maximum absolute atomic E-state index is 9.03. The molecule has 3 N–H and O–H groups in total. The Kier molecular flexibility index (Phi) is 2.19. The van der Waals surface area contributed by atoms with E-state index in [1.54, 1.807) is 0 Å². The van der Waals surface area contributed by atoms with E-state index in [1.807, 2.05) is 18.2 Å². The van der Waals surface area contributed by atoms with E-state index in [-0.39, 0.29) is 6.61 Å². The summed E-state index contributed by atoms with van der Waals surface area (Å²) in [6.45, 7) is 0.0254. The number of nitrogen functional groups attached to an aromatic ring is 1. The molecule has 0 bridgehead atoms. The van der Waals surface area contributed by atoms with Crippen molar-refractivity contribution >= 4 is 39.7 Å². The van der Waals surface area contributed by atoms with Crippen LogP contribution in [0.1, 0.15) is 4.88 Å². The van der Waals surface area contributed by atoms with Gasteiger partial charge in [-0.25, -0.2) is 0 Å². The Hall–Kier alpha value is -0.710. The predicted molar refractivity (Wildman–Crippen MR) is 59.4 cm³/mol. The number of hydrogen-bond acceptors (Lipinski definition) is 4. The van der Waals surface area contributed by atoms with Gasteiger partial charge in [0.15, 0.2) is 0 Å². The Bertz CT molecular complexity index is 450. The molecule has 1 aromatic carbocycles. The van der Waals surface area contributed by atoms with Gasteiger partial charge in [0.2, 0.25) is 0 Å². The zero-order chi connectivity index (χ0) is 9.42. The van der Waals surface area contributed by atoms with Gasteiger partial charge >= 0.3 is 0 Å². The van der Waals surface area contributed by atoms with Gasteiger partial charge in [0.1, 0.15) is 0 Å². The van der Waals surface area contributed by atoms with Crippen molar-refractivity contribution in [1.82, 2.24) is 0 Å². The van der Waals surface area contributed by atoms with Crippen molar-refractivity contribution < 1.29 is 5.11 Å². The molecule has 0 unspecified atom stereocenters. The molecule has 0 amide bonds. The van der Waals surface area contributed by atoms with Gasteiger partial charge in [-0.1, -0.05) is 6.07 Å². The van der Waals surface area contributed by atoms with Crippen LogP contribution >= 0.6 is 24.0 Å². The van der Waals surface area contributed by atoms with Crippen LogP contribution in [0.15, 0.2) is 23.1 Å². The monoisotopic (exact) mass is 211 g/mol. The maximum atomic E-state index is 9.03. The number of hydrogen-bond donors (Lipinski definition) is 3. The minimum Gasteiger partial charge on any atom is -0.398 e. The van der Waals surface area contributed by atoms with Gasteiger partial charge in [0.25, 0.3) is 0 Å². The standard InChI is InChI=1S/C9H9NOS2/c10-5-2-1-3-6-8(5)9(12)7(4-11)13-6/h1-3,11-12H,4,10H2. The number of nitrogens with two attached hydrogens (primary N) is 1. The molecule has 2 rings (SSSR count). The van der Waals surface area contributed by atoms with Gasteiger partial charge in [-0.15, -0.1) is 24.0 Å². The molecule has 4 heteroatoms. The van der Waals surface area contributed by atoms with E-state index in [4.69, 9.17) is 10.8 Å². The van der Waals surface area contributed by atoms with Crippen LogP contribution < -0.4 is 5.73 Å². The van der Waals surface area contributed by atoms with Gasteiger partial charge in [0, 0.05) is 25.5 Å². The number of aliphatic hydroxyl groups excluding tert-OH is 1. The molecule has 68 valence electrons. The summed E-state index contributed by atoms with van der Waals surface area (Å²) in [5.74, 6) is 0. The van der Waals surface area contributed by atoms with Gasteiger partial charge in [0.05, 0.1) is 6.61 Å². The zero-order valence-corrected chi connectivity index (χ0v) is 8.53. The predicted octanol–water partition coefficient (Wildman–Crippen LogP) is 2.26. The molecular weight excluding hydrogens is 202 g/mol. The molecule has 0 saturated carbocycles. The first-order valence-corrected chi connectivity index (χ1v) is 5.10. The summed E-state index contributed by atoms with van der Waals surface area (Å²) in [5, 5.41) is 9.99. The summed E-state index contributed by atoms with van der Waals surface area (Å²) in [7, 11) is 0. The van der Waals surface area contributed by atoms with Gasteiger partial charge in [-0.3, -0.25) is 0 Å². The number of anilines is 1. The van der Waals surface area contributed by atoms with Crippen LogP contribution in [0.2, 0.25) is 0 Å². The molecule has 0 aliphatic rings. The molecule has 1 aromatic heterocycles. The first-order valence-electron chi connectivity index (χ1n) is 3.83. The van der Waals surface area contributed by atoms with Crippen LogP contribution in [0, 0.1) is 0 Å². The highest BCUT2D eigenvalue weighted by molar-refractivity contribution is 7.80. The Morgan fingerprint density at radius 1 is 1.46 bits per heavy atom. The quantitative estimate of drug-likeness (QED) is 0.500. The molecule has 0 aliphatic heterocycles. The lowest BCUT2D eigenvalue weighted by atomic mass is 10.2. The van der Waals surface area contributed by atoms with Crippen LogP contribution in [0.3, 0.4) is 0 Å². The van der Waals surface area contributed by atoms with Crippen molar-refractivity contribution in [2.24, 2.45) is 0 Å². The summed E-state index contributed by atoms with van der Waals surface area (Å²) in [6, 6.07) is 5.73. The SMILES string of the molecule is Nc1cccc2sc(CO)c(S)c12. The third-order valence-electron chi connectivity index (χ3n) is 1.94. The summed E-state index contributed by atoms with van der Waals surface area (Å²) >= 11 is 5.87. The van der Waals surface area contributed by atoms with E-state index in [2.05, 4.69) is 12.6 Å². The van der Waals surface area contributed by atoms with E-state index >= 15 is 0 Å². The van der Waals surface area contributed by atoms with Gasteiger partial charge in [-0.05, 0) is 12.1 Å². The first kappa shape index (κ1) is 8.87. The lowest BCUT2D eigenvalue weighted by molar-refractivity contribution is 0.283. The summed E-state index contributed by atoms with van der Waals surface area (Å²) < 4.78 is 1.08. The Labute approximate surface area is 85.4 Å².